The van der Waals surface area contributed by atoms with Gasteiger partial charge in [0.25, 0.3) is 0 Å². The average Bonchev–Trinajstić information content (AvgIpc) is 2.38. The lowest BCUT2D eigenvalue weighted by atomic mass is 9.82. The van der Waals surface area contributed by atoms with Crippen LogP contribution in [0.2, 0.25) is 0 Å². The minimum atomic E-state index is 0.492. The zero-order valence-electron chi connectivity index (χ0n) is 13.1. The van der Waals surface area contributed by atoms with Gasteiger partial charge in [-0.3, -0.25) is 0 Å². The van der Waals surface area contributed by atoms with E-state index in [9.17, 15) is 0 Å². The van der Waals surface area contributed by atoms with Crippen molar-refractivity contribution in [2.45, 2.75) is 52.5 Å². The first-order chi connectivity index (χ1) is 9.08. The van der Waals surface area contributed by atoms with Gasteiger partial charge in [-0.15, -0.1) is 0 Å². The largest absolute Gasteiger partial charge is 0.313 e. The third-order valence-electron chi connectivity index (χ3n) is 5.04. The summed E-state index contributed by atoms with van der Waals surface area (Å²) in [7, 11) is 0. The van der Waals surface area contributed by atoms with E-state index in [2.05, 4.69) is 42.7 Å². The molecule has 1 unspecified atom stereocenters. The molecule has 0 bridgehead atoms. The number of rotatable bonds is 5. The maximum atomic E-state index is 3.81. The minimum absolute atomic E-state index is 0.492. The summed E-state index contributed by atoms with van der Waals surface area (Å²) >= 11 is 2.12. The molecule has 2 nitrogen and oxygen atoms in total. The lowest BCUT2D eigenvalue weighted by molar-refractivity contribution is 0.186. The van der Waals surface area contributed by atoms with Crippen molar-refractivity contribution in [3.63, 3.8) is 0 Å². The standard InChI is InChI=1S/C16H32N2S/c1-14-5-10-18(11-6-14)9-4-8-17-15-13-19-12-7-16(15,2)3/h14-15,17H,4-13H2,1-3H3. The zero-order valence-corrected chi connectivity index (χ0v) is 13.9. The molecule has 0 amide bonds. The van der Waals surface area contributed by atoms with E-state index >= 15 is 0 Å². The van der Waals surface area contributed by atoms with Crippen molar-refractivity contribution in [1.29, 1.82) is 0 Å². The highest BCUT2D eigenvalue weighted by molar-refractivity contribution is 7.99. The smallest absolute Gasteiger partial charge is 0.0209 e. The summed E-state index contributed by atoms with van der Waals surface area (Å²) in [5, 5.41) is 3.81. The van der Waals surface area contributed by atoms with Crippen LogP contribution >= 0.6 is 11.8 Å². The van der Waals surface area contributed by atoms with Gasteiger partial charge in [-0.25, -0.2) is 0 Å². The van der Waals surface area contributed by atoms with Crippen LogP contribution in [0, 0.1) is 11.3 Å². The van der Waals surface area contributed by atoms with Crippen LogP contribution in [-0.2, 0) is 0 Å². The summed E-state index contributed by atoms with van der Waals surface area (Å²) in [4.78, 5) is 2.66. The number of nitrogens with zero attached hydrogens (tertiary/aromatic N) is 1. The Balaban J connectivity index is 1.58. The molecule has 112 valence electrons. The monoisotopic (exact) mass is 284 g/mol. The van der Waals surface area contributed by atoms with E-state index in [0.717, 1.165) is 5.92 Å². The first-order valence-corrected chi connectivity index (χ1v) is 9.27. The molecule has 2 fully saturated rings. The van der Waals surface area contributed by atoms with Crippen molar-refractivity contribution in [2.24, 2.45) is 11.3 Å². The lowest BCUT2D eigenvalue weighted by Gasteiger charge is -2.39. The Hall–Kier alpha value is 0.270. The summed E-state index contributed by atoms with van der Waals surface area (Å²) in [6.07, 6.45) is 5.48. The fraction of sp³-hybridized carbons (Fsp3) is 1.00. The number of likely N-dealkylation sites (tertiary alicyclic amines) is 1. The summed E-state index contributed by atoms with van der Waals surface area (Å²) < 4.78 is 0. The van der Waals surface area contributed by atoms with Gasteiger partial charge in [0, 0.05) is 11.8 Å². The maximum Gasteiger partial charge on any atom is 0.0209 e. The number of piperidine rings is 1. The van der Waals surface area contributed by atoms with E-state index in [4.69, 9.17) is 0 Å². The Kier molecular flexibility index (Phi) is 6.04. The van der Waals surface area contributed by atoms with E-state index in [1.807, 2.05) is 0 Å². The molecule has 2 heterocycles. The highest BCUT2D eigenvalue weighted by Gasteiger charge is 2.31. The van der Waals surface area contributed by atoms with E-state index in [-0.39, 0.29) is 0 Å². The Labute approximate surface area is 124 Å². The first-order valence-electron chi connectivity index (χ1n) is 8.11. The molecule has 1 N–H and O–H groups in total. The van der Waals surface area contributed by atoms with Crippen molar-refractivity contribution < 1.29 is 0 Å². The average molecular weight is 285 g/mol. The molecule has 0 aromatic heterocycles. The van der Waals surface area contributed by atoms with Crippen LogP contribution in [-0.4, -0.2) is 48.6 Å². The van der Waals surface area contributed by atoms with E-state index < -0.39 is 0 Å². The second-order valence-electron chi connectivity index (χ2n) is 7.20. The summed E-state index contributed by atoms with van der Waals surface area (Å²) in [5.74, 6) is 3.60. The van der Waals surface area contributed by atoms with Gasteiger partial charge in [-0.1, -0.05) is 20.8 Å². The van der Waals surface area contributed by atoms with Gasteiger partial charge in [0.2, 0.25) is 0 Å². The maximum absolute atomic E-state index is 3.81. The molecular formula is C16H32N2S. The van der Waals surface area contributed by atoms with Crippen molar-refractivity contribution in [3.05, 3.63) is 0 Å². The molecule has 0 spiro atoms. The summed E-state index contributed by atoms with van der Waals surface area (Å²) in [6, 6.07) is 0.715. The normalized spacial score (nSPS) is 29.5. The molecule has 19 heavy (non-hydrogen) atoms. The van der Waals surface area contributed by atoms with Gasteiger partial charge >= 0.3 is 0 Å². The second kappa shape index (κ2) is 7.33. The highest BCUT2D eigenvalue weighted by atomic mass is 32.2. The molecule has 0 saturated carbocycles. The summed E-state index contributed by atoms with van der Waals surface area (Å²) in [6.45, 7) is 12.4. The number of nitrogens with one attached hydrogen (secondary N) is 1. The van der Waals surface area contributed by atoms with Crippen LogP contribution < -0.4 is 5.32 Å². The van der Waals surface area contributed by atoms with Gasteiger partial charge in [-0.05, 0) is 68.9 Å². The van der Waals surface area contributed by atoms with Gasteiger partial charge in [0.15, 0.2) is 0 Å². The molecule has 0 radical (unpaired) electrons. The molecule has 2 saturated heterocycles. The van der Waals surface area contributed by atoms with Crippen LogP contribution in [0.1, 0.15) is 46.5 Å². The van der Waals surface area contributed by atoms with Crippen molar-refractivity contribution in [2.75, 3.05) is 37.7 Å². The first kappa shape index (κ1) is 15.7. The fourth-order valence-electron chi connectivity index (χ4n) is 3.14. The highest BCUT2D eigenvalue weighted by Crippen LogP contribution is 2.34. The topological polar surface area (TPSA) is 15.3 Å². The number of hydrogen-bond donors (Lipinski definition) is 1. The quantitative estimate of drug-likeness (QED) is 0.780. The predicted molar refractivity (Wildman–Crippen MR) is 87.0 cm³/mol. The third-order valence-corrected chi connectivity index (χ3v) is 6.10. The number of thioether (sulfide) groups is 1. The molecule has 0 aliphatic carbocycles. The van der Waals surface area contributed by atoms with Gasteiger partial charge in [0.1, 0.15) is 0 Å². The van der Waals surface area contributed by atoms with Crippen molar-refractivity contribution in [1.82, 2.24) is 10.2 Å². The predicted octanol–water partition coefficient (Wildman–Crippen LogP) is 3.23. The van der Waals surface area contributed by atoms with Crippen LogP contribution in [0.5, 0.6) is 0 Å². The van der Waals surface area contributed by atoms with Crippen LogP contribution in [0.3, 0.4) is 0 Å². The van der Waals surface area contributed by atoms with Crippen molar-refractivity contribution in [3.8, 4) is 0 Å². The molecule has 0 aromatic carbocycles. The van der Waals surface area contributed by atoms with Gasteiger partial charge in [0.05, 0.1) is 0 Å². The molecule has 0 aromatic rings. The molecule has 2 rings (SSSR count). The molecular weight excluding hydrogens is 252 g/mol. The SMILES string of the molecule is CC1CCN(CCCNC2CSCCC2(C)C)CC1. The van der Waals surface area contributed by atoms with Crippen LogP contribution in [0.15, 0.2) is 0 Å². The zero-order chi connectivity index (χ0) is 13.7. The Morgan fingerprint density at radius 1 is 1.26 bits per heavy atom. The molecule has 2 aliphatic rings. The summed E-state index contributed by atoms with van der Waals surface area (Å²) in [5.41, 5.74) is 0.492. The fourth-order valence-corrected chi connectivity index (χ4v) is 4.78. The number of hydrogen-bond acceptors (Lipinski definition) is 3. The van der Waals surface area contributed by atoms with E-state index in [1.165, 1.54) is 63.4 Å². The van der Waals surface area contributed by atoms with Crippen LogP contribution in [0.4, 0.5) is 0 Å². The van der Waals surface area contributed by atoms with Gasteiger partial charge < -0.3 is 10.2 Å². The van der Waals surface area contributed by atoms with E-state index in [0.29, 0.717) is 11.5 Å². The Morgan fingerprint density at radius 2 is 2.00 bits per heavy atom. The Bertz CT molecular complexity index is 259. The lowest BCUT2D eigenvalue weighted by Crippen LogP contribution is -2.47. The minimum Gasteiger partial charge on any atom is -0.313 e. The Morgan fingerprint density at radius 3 is 2.68 bits per heavy atom. The molecule has 1 atom stereocenters. The molecule has 3 heteroatoms. The van der Waals surface area contributed by atoms with Crippen LogP contribution in [0.25, 0.3) is 0 Å². The van der Waals surface area contributed by atoms with E-state index in [1.54, 1.807) is 0 Å². The second-order valence-corrected chi connectivity index (χ2v) is 8.35. The molecule has 2 aliphatic heterocycles. The van der Waals surface area contributed by atoms with Gasteiger partial charge in [-0.2, -0.15) is 11.8 Å². The third kappa shape index (κ3) is 4.95. The van der Waals surface area contributed by atoms with Crippen molar-refractivity contribution >= 4 is 11.8 Å².